The van der Waals surface area contributed by atoms with E-state index in [-0.39, 0.29) is 5.57 Å². The van der Waals surface area contributed by atoms with Crippen molar-refractivity contribution >= 4 is 29.3 Å². The number of rotatable bonds is 3. The fraction of sp³-hybridized carbons (Fsp3) is 0.111. The molecule has 24 heavy (non-hydrogen) atoms. The maximum Gasteiger partial charge on any atom is 0.266 e. The number of nitrogens with zero attached hydrogens (tertiary/aromatic N) is 1. The van der Waals surface area contributed by atoms with Crippen LogP contribution in [0.2, 0.25) is 5.02 Å². The van der Waals surface area contributed by atoms with Gasteiger partial charge >= 0.3 is 0 Å². The normalized spacial score (nSPS) is 13.1. The molecule has 0 aliphatic carbocycles. The lowest BCUT2D eigenvalue weighted by molar-refractivity contribution is -0.112. The molecule has 0 unspecified atom stereocenters. The molecular weight excluding hydrogens is 328 g/mol. The fourth-order valence-electron chi connectivity index (χ4n) is 2.23. The average Bonchev–Trinajstić information content (AvgIpc) is 2.59. The molecule has 6 heteroatoms. The lowest BCUT2D eigenvalue weighted by atomic mass is 10.1. The topological polar surface area (TPSA) is 71.4 Å². The number of hydrogen-bond donors (Lipinski definition) is 1. The van der Waals surface area contributed by atoms with Gasteiger partial charge in [-0.3, -0.25) is 4.79 Å². The minimum absolute atomic E-state index is 0.0212. The summed E-state index contributed by atoms with van der Waals surface area (Å²) in [5.74, 6) is 0.694. The largest absolute Gasteiger partial charge is 0.486 e. The van der Waals surface area contributed by atoms with Gasteiger partial charge < -0.3 is 14.8 Å². The van der Waals surface area contributed by atoms with Crippen molar-refractivity contribution in [2.45, 2.75) is 0 Å². The molecule has 0 fully saturated rings. The SMILES string of the molecule is N#C/C(=C\c1cccc(Cl)c1)C(=O)Nc1ccc2c(c1)OCCO2. The van der Waals surface area contributed by atoms with Gasteiger partial charge in [-0.25, -0.2) is 0 Å². The molecule has 0 saturated carbocycles. The Morgan fingerprint density at radius 1 is 1.17 bits per heavy atom. The summed E-state index contributed by atoms with van der Waals surface area (Å²) in [7, 11) is 0. The Morgan fingerprint density at radius 3 is 2.71 bits per heavy atom. The number of benzene rings is 2. The molecule has 0 saturated heterocycles. The Bertz CT molecular complexity index is 856. The van der Waals surface area contributed by atoms with Crippen molar-refractivity contribution in [3.05, 3.63) is 58.6 Å². The van der Waals surface area contributed by atoms with Crippen LogP contribution in [0.15, 0.2) is 48.0 Å². The molecule has 2 aromatic carbocycles. The van der Waals surface area contributed by atoms with E-state index in [1.807, 2.05) is 6.07 Å². The molecule has 1 amide bonds. The number of carbonyl (C=O) groups is 1. The number of nitriles is 1. The summed E-state index contributed by atoms with van der Waals surface area (Å²) in [4.78, 5) is 12.3. The van der Waals surface area contributed by atoms with E-state index in [0.717, 1.165) is 0 Å². The molecule has 120 valence electrons. The fourth-order valence-corrected chi connectivity index (χ4v) is 2.43. The molecule has 1 aliphatic rings. The van der Waals surface area contributed by atoms with Crippen LogP contribution < -0.4 is 14.8 Å². The number of anilines is 1. The third-order valence-electron chi connectivity index (χ3n) is 3.32. The molecule has 0 radical (unpaired) electrons. The number of ether oxygens (including phenoxy) is 2. The van der Waals surface area contributed by atoms with Gasteiger partial charge in [0.1, 0.15) is 24.9 Å². The van der Waals surface area contributed by atoms with Gasteiger partial charge in [-0.1, -0.05) is 23.7 Å². The van der Waals surface area contributed by atoms with Gasteiger partial charge in [0, 0.05) is 16.8 Å². The summed E-state index contributed by atoms with van der Waals surface area (Å²) in [5.41, 5.74) is 1.18. The first-order valence-corrected chi connectivity index (χ1v) is 7.62. The van der Waals surface area contributed by atoms with Crippen molar-refractivity contribution < 1.29 is 14.3 Å². The van der Waals surface area contributed by atoms with Gasteiger partial charge in [0.05, 0.1) is 0 Å². The molecule has 3 rings (SSSR count). The number of hydrogen-bond acceptors (Lipinski definition) is 4. The summed E-state index contributed by atoms with van der Waals surface area (Å²) in [5, 5.41) is 12.5. The number of halogens is 1. The third kappa shape index (κ3) is 3.67. The molecule has 0 spiro atoms. The first kappa shape index (κ1) is 15.9. The maximum atomic E-state index is 12.3. The van der Waals surface area contributed by atoms with Crippen LogP contribution >= 0.6 is 11.6 Å². The smallest absolute Gasteiger partial charge is 0.266 e. The van der Waals surface area contributed by atoms with E-state index in [1.165, 1.54) is 6.08 Å². The molecule has 5 nitrogen and oxygen atoms in total. The summed E-state index contributed by atoms with van der Waals surface area (Å²) in [6, 6.07) is 13.9. The number of nitrogens with one attached hydrogen (secondary N) is 1. The molecule has 1 aliphatic heterocycles. The zero-order valence-corrected chi connectivity index (χ0v) is 13.3. The monoisotopic (exact) mass is 340 g/mol. The predicted molar refractivity (Wildman–Crippen MR) is 91.1 cm³/mol. The molecular formula is C18H13ClN2O3. The van der Waals surface area contributed by atoms with E-state index in [1.54, 1.807) is 42.5 Å². The van der Waals surface area contributed by atoms with Gasteiger partial charge in [0.15, 0.2) is 11.5 Å². The molecule has 0 atom stereocenters. The van der Waals surface area contributed by atoms with Crippen LogP contribution in [0.1, 0.15) is 5.56 Å². The van der Waals surface area contributed by atoms with Crippen molar-refractivity contribution in [1.29, 1.82) is 5.26 Å². The average molecular weight is 341 g/mol. The quantitative estimate of drug-likeness (QED) is 0.683. The van der Waals surface area contributed by atoms with Crippen LogP contribution in [0.25, 0.3) is 6.08 Å². The van der Waals surface area contributed by atoms with E-state index in [9.17, 15) is 10.1 Å². The minimum Gasteiger partial charge on any atom is -0.486 e. The lowest BCUT2D eigenvalue weighted by Gasteiger charge is -2.18. The summed E-state index contributed by atoms with van der Waals surface area (Å²) >= 11 is 5.91. The highest BCUT2D eigenvalue weighted by atomic mass is 35.5. The standard InChI is InChI=1S/C18H13ClN2O3/c19-14-3-1-2-12(9-14)8-13(11-20)18(22)21-15-4-5-16-17(10-15)24-7-6-23-16/h1-5,8-10H,6-7H2,(H,21,22)/b13-8+. The van der Waals surface area contributed by atoms with E-state index in [4.69, 9.17) is 21.1 Å². The Kier molecular flexibility index (Phi) is 4.69. The van der Waals surface area contributed by atoms with Crippen molar-refractivity contribution in [3.8, 4) is 17.6 Å². The maximum absolute atomic E-state index is 12.3. The van der Waals surface area contributed by atoms with Crippen LogP contribution in [0.3, 0.4) is 0 Å². The van der Waals surface area contributed by atoms with Crippen LogP contribution in [-0.2, 0) is 4.79 Å². The Balaban J connectivity index is 1.79. The van der Waals surface area contributed by atoms with Crippen LogP contribution in [0.5, 0.6) is 11.5 Å². The number of carbonyl (C=O) groups excluding carboxylic acids is 1. The minimum atomic E-state index is -0.505. The van der Waals surface area contributed by atoms with E-state index in [2.05, 4.69) is 5.32 Å². The first-order chi connectivity index (χ1) is 11.7. The highest BCUT2D eigenvalue weighted by Gasteiger charge is 2.14. The Morgan fingerprint density at radius 2 is 1.96 bits per heavy atom. The molecule has 1 N–H and O–H groups in total. The molecule has 0 bridgehead atoms. The second kappa shape index (κ2) is 7.07. The van der Waals surface area contributed by atoms with Crippen molar-refractivity contribution in [3.63, 3.8) is 0 Å². The van der Waals surface area contributed by atoms with Gasteiger partial charge in [0.25, 0.3) is 5.91 Å². The van der Waals surface area contributed by atoms with Crippen LogP contribution in [-0.4, -0.2) is 19.1 Å². The van der Waals surface area contributed by atoms with Gasteiger partial charge in [-0.2, -0.15) is 5.26 Å². The molecule has 2 aromatic rings. The third-order valence-corrected chi connectivity index (χ3v) is 3.56. The van der Waals surface area contributed by atoms with Gasteiger partial charge in [0.2, 0.25) is 0 Å². The zero-order valence-electron chi connectivity index (χ0n) is 12.6. The van der Waals surface area contributed by atoms with E-state index >= 15 is 0 Å². The number of amides is 1. The van der Waals surface area contributed by atoms with E-state index < -0.39 is 5.91 Å². The lowest BCUT2D eigenvalue weighted by Crippen LogP contribution is -2.17. The first-order valence-electron chi connectivity index (χ1n) is 7.24. The van der Waals surface area contributed by atoms with Crippen molar-refractivity contribution in [2.24, 2.45) is 0 Å². The second-order valence-corrected chi connectivity index (χ2v) is 5.47. The van der Waals surface area contributed by atoms with Crippen molar-refractivity contribution in [2.75, 3.05) is 18.5 Å². The van der Waals surface area contributed by atoms with Crippen LogP contribution in [0.4, 0.5) is 5.69 Å². The Labute approximate surface area is 144 Å². The molecule has 0 aromatic heterocycles. The number of fused-ring (bicyclic) bond motifs is 1. The summed E-state index contributed by atoms with van der Waals surface area (Å²) < 4.78 is 10.9. The van der Waals surface area contributed by atoms with Crippen LogP contribution in [0, 0.1) is 11.3 Å². The second-order valence-electron chi connectivity index (χ2n) is 5.04. The Hall–Kier alpha value is -2.97. The van der Waals surface area contributed by atoms with Gasteiger partial charge in [-0.05, 0) is 35.9 Å². The molecule has 1 heterocycles. The van der Waals surface area contributed by atoms with E-state index in [0.29, 0.717) is 41.0 Å². The predicted octanol–water partition coefficient (Wildman–Crippen LogP) is 3.66. The highest BCUT2D eigenvalue weighted by Crippen LogP contribution is 2.32. The summed E-state index contributed by atoms with van der Waals surface area (Å²) in [6.45, 7) is 0.960. The van der Waals surface area contributed by atoms with Gasteiger partial charge in [-0.15, -0.1) is 0 Å². The zero-order chi connectivity index (χ0) is 16.9. The summed E-state index contributed by atoms with van der Waals surface area (Å²) in [6.07, 6.45) is 1.49. The highest BCUT2D eigenvalue weighted by molar-refractivity contribution is 6.30. The van der Waals surface area contributed by atoms with Crippen molar-refractivity contribution in [1.82, 2.24) is 0 Å².